The number of nitrogens with zero attached hydrogens (tertiary/aromatic N) is 2. The van der Waals surface area contributed by atoms with E-state index in [0.717, 1.165) is 67.3 Å². The molecule has 0 unspecified atom stereocenters. The van der Waals surface area contributed by atoms with Gasteiger partial charge in [-0.15, -0.1) is 11.3 Å². The van der Waals surface area contributed by atoms with Crippen LogP contribution in [0.1, 0.15) is 46.6 Å². The van der Waals surface area contributed by atoms with Gasteiger partial charge in [-0.3, -0.25) is 9.59 Å². The third-order valence-corrected chi connectivity index (χ3v) is 7.57. The lowest BCUT2D eigenvalue weighted by molar-refractivity contribution is -0.892. The summed E-state index contributed by atoms with van der Waals surface area (Å²) in [7, 11) is 0. The first-order valence-corrected chi connectivity index (χ1v) is 11.8. The number of nitriles is 1. The van der Waals surface area contributed by atoms with Crippen LogP contribution in [0.15, 0.2) is 24.3 Å². The van der Waals surface area contributed by atoms with Crippen LogP contribution in [-0.2, 0) is 17.6 Å². The number of carbonyl (C=O) groups excluding carboxylic acids is 2. The van der Waals surface area contributed by atoms with E-state index in [0.29, 0.717) is 18.0 Å². The van der Waals surface area contributed by atoms with Crippen molar-refractivity contribution in [3.63, 3.8) is 0 Å². The summed E-state index contributed by atoms with van der Waals surface area (Å²) >= 11 is 1.59. The van der Waals surface area contributed by atoms with Gasteiger partial charge in [-0.1, -0.05) is 6.92 Å². The van der Waals surface area contributed by atoms with E-state index >= 15 is 0 Å². The average Bonchev–Trinajstić information content (AvgIpc) is 3.10. The second-order valence-electron chi connectivity index (χ2n) is 8.73. The minimum absolute atomic E-state index is 0.0163. The zero-order chi connectivity index (χ0) is 22.0. The molecule has 4 rings (SSSR count). The van der Waals surface area contributed by atoms with Gasteiger partial charge in [0.15, 0.2) is 12.3 Å². The zero-order valence-corrected chi connectivity index (χ0v) is 19.0. The van der Waals surface area contributed by atoms with Crippen molar-refractivity contribution in [2.24, 2.45) is 5.92 Å². The molecule has 2 aromatic rings. The highest BCUT2D eigenvalue weighted by atomic mass is 32.1. The standard InChI is InChI=1S/C24H28N4O2S/c1-16-3-8-20-21(14-25)24(31-22(20)13-16)26-23(30)15-27-9-11-28(12-10-27)19-6-4-18(5-7-19)17(2)29/h4-7,16H,3,8-13,15H2,1-2H3,(H,26,30)/p+1/t16-/m0/s1. The normalized spacial score (nSPS) is 18.9. The number of thiophene rings is 1. The molecule has 2 N–H and O–H groups in total. The van der Waals surface area contributed by atoms with Crippen LogP contribution in [-0.4, -0.2) is 44.4 Å². The Hall–Kier alpha value is -2.69. The Morgan fingerprint density at radius 1 is 1.26 bits per heavy atom. The molecule has 162 valence electrons. The number of hydrogen-bond acceptors (Lipinski definition) is 5. The Kier molecular flexibility index (Phi) is 6.40. The third kappa shape index (κ3) is 4.81. The summed E-state index contributed by atoms with van der Waals surface area (Å²) in [6, 6.07) is 10.1. The number of nitrogens with one attached hydrogen (secondary N) is 2. The Balaban J connectivity index is 1.32. The molecular weight excluding hydrogens is 408 g/mol. The molecule has 2 aliphatic rings. The van der Waals surface area contributed by atoms with Crippen molar-refractivity contribution in [3.8, 4) is 6.07 Å². The maximum atomic E-state index is 12.7. The maximum Gasteiger partial charge on any atom is 0.280 e. The second kappa shape index (κ2) is 9.21. The van der Waals surface area contributed by atoms with E-state index in [2.05, 4.69) is 23.2 Å². The average molecular weight is 438 g/mol. The van der Waals surface area contributed by atoms with Gasteiger partial charge in [0.25, 0.3) is 5.91 Å². The molecule has 1 aromatic heterocycles. The molecule has 1 aliphatic carbocycles. The van der Waals surface area contributed by atoms with Crippen molar-refractivity contribution in [1.82, 2.24) is 0 Å². The first-order valence-electron chi connectivity index (χ1n) is 11.0. The molecule has 1 saturated heterocycles. The molecule has 1 aromatic carbocycles. The van der Waals surface area contributed by atoms with Crippen molar-refractivity contribution < 1.29 is 14.5 Å². The Morgan fingerprint density at radius 2 is 1.97 bits per heavy atom. The van der Waals surface area contributed by atoms with Crippen molar-refractivity contribution in [3.05, 3.63) is 45.8 Å². The number of benzene rings is 1. The fraction of sp³-hybridized carbons (Fsp3) is 0.458. The molecule has 31 heavy (non-hydrogen) atoms. The molecule has 2 heterocycles. The number of hydrogen-bond donors (Lipinski definition) is 2. The first-order chi connectivity index (χ1) is 14.9. The molecule has 1 atom stereocenters. The van der Waals surface area contributed by atoms with E-state index in [4.69, 9.17) is 0 Å². The molecule has 7 heteroatoms. The van der Waals surface area contributed by atoms with E-state index in [-0.39, 0.29) is 11.7 Å². The van der Waals surface area contributed by atoms with Gasteiger partial charge in [0.2, 0.25) is 0 Å². The summed E-state index contributed by atoms with van der Waals surface area (Å²) in [6.45, 7) is 7.74. The fourth-order valence-electron chi connectivity index (χ4n) is 4.52. The van der Waals surface area contributed by atoms with Crippen LogP contribution in [0.5, 0.6) is 0 Å². The van der Waals surface area contributed by atoms with Crippen molar-refractivity contribution in [2.75, 3.05) is 42.9 Å². The predicted molar refractivity (Wildman–Crippen MR) is 123 cm³/mol. The van der Waals surface area contributed by atoms with Crippen LogP contribution in [0.4, 0.5) is 10.7 Å². The molecule has 0 bridgehead atoms. The minimum Gasteiger partial charge on any atom is -0.360 e. The van der Waals surface area contributed by atoms with Gasteiger partial charge < -0.3 is 15.1 Å². The summed E-state index contributed by atoms with van der Waals surface area (Å²) < 4.78 is 0. The molecular formula is C24H29N4O2S+. The third-order valence-electron chi connectivity index (χ3n) is 6.40. The molecule has 0 spiro atoms. The van der Waals surface area contributed by atoms with Crippen molar-refractivity contribution in [1.29, 1.82) is 5.26 Å². The number of carbonyl (C=O) groups is 2. The number of Topliss-reactive ketones (excluding diaryl/α,β-unsaturated/α-hetero) is 1. The summed E-state index contributed by atoms with van der Waals surface area (Å²) in [5.74, 6) is 0.700. The first kappa shape index (κ1) is 21.5. The van der Waals surface area contributed by atoms with E-state index in [1.54, 1.807) is 18.3 Å². The lowest BCUT2D eigenvalue weighted by Gasteiger charge is -2.33. The molecule has 6 nitrogen and oxygen atoms in total. The van der Waals surface area contributed by atoms with Gasteiger partial charge >= 0.3 is 0 Å². The van der Waals surface area contributed by atoms with E-state index in [1.807, 2.05) is 24.3 Å². The summed E-state index contributed by atoms with van der Waals surface area (Å²) in [5.41, 5.74) is 3.67. The second-order valence-corrected chi connectivity index (χ2v) is 9.84. The monoisotopic (exact) mass is 437 g/mol. The van der Waals surface area contributed by atoms with Crippen LogP contribution in [0, 0.1) is 17.2 Å². The topological polar surface area (TPSA) is 77.6 Å². The maximum absolute atomic E-state index is 12.7. The van der Waals surface area contributed by atoms with E-state index < -0.39 is 0 Å². The Labute approximate surface area is 187 Å². The quantitative estimate of drug-likeness (QED) is 0.704. The molecule has 1 amide bonds. The number of amides is 1. The number of quaternary nitrogens is 1. The van der Waals surface area contributed by atoms with E-state index in [1.165, 1.54) is 9.78 Å². The number of fused-ring (bicyclic) bond motifs is 1. The molecule has 1 fully saturated rings. The van der Waals surface area contributed by atoms with Gasteiger partial charge in [0, 0.05) is 16.1 Å². The predicted octanol–water partition coefficient (Wildman–Crippen LogP) is 2.29. The SMILES string of the molecule is CC(=O)c1ccc(N2CC[NH+](CC(=O)Nc3sc4c(c3C#N)CC[C@H](C)C4)CC2)cc1. The smallest absolute Gasteiger partial charge is 0.280 e. The van der Waals surface area contributed by atoms with Gasteiger partial charge in [-0.05, 0) is 61.9 Å². The van der Waals surface area contributed by atoms with E-state index in [9.17, 15) is 14.9 Å². The van der Waals surface area contributed by atoms with Gasteiger partial charge in [0.1, 0.15) is 11.1 Å². The number of ketones is 1. The van der Waals surface area contributed by atoms with Gasteiger partial charge in [-0.25, -0.2) is 0 Å². The van der Waals surface area contributed by atoms with Crippen LogP contribution < -0.4 is 15.1 Å². The number of rotatable bonds is 5. The van der Waals surface area contributed by atoms with Crippen molar-refractivity contribution >= 4 is 33.7 Å². The number of piperazine rings is 1. The largest absolute Gasteiger partial charge is 0.360 e. The fourth-order valence-corrected chi connectivity index (χ4v) is 5.90. The Morgan fingerprint density at radius 3 is 2.61 bits per heavy atom. The molecule has 0 saturated carbocycles. The summed E-state index contributed by atoms with van der Waals surface area (Å²) in [6.07, 6.45) is 3.05. The lowest BCUT2D eigenvalue weighted by Crippen LogP contribution is -3.15. The molecule has 1 aliphatic heterocycles. The molecule has 0 radical (unpaired) electrons. The summed E-state index contributed by atoms with van der Waals surface area (Å²) in [4.78, 5) is 29.0. The lowest BCUT2D eigenvalue weighted by atomic mass is 9.89. The Bertz CT molecular complexity index is 1010. The zero-order valence-electron chi connectivity index (χ0n) is 18.2. The highest BCUT2D eigenvalue weighted by Gasteiger charge is 2.26. The highest BCUT2D eigenvalue weighted by molar-refractivity contribution is 7.16. The summed E-state index contributed by atoms with van der Waals surface area (Å²) in [5, 5.41) is 13.4. The number of anilines is 2. The van der Waals surface area contributed by atoms with Gasteiger partial charge in [-0.2, -0.15) is 5.26 Å². The van der Waals surface area contributed by atoms with Crippen LogP contribution in [0.25, 0.3) is 0 Å². The minimum atomic E-state index is -0.0163. The highest BCUT2D eigenvalue weighted by Crippen LogP contribution is 2.39. The van der Waals surface area contributed by atoms with Crippen LogP contribution >= 0.6 is 11.3 Å². The van der Waals surface area contributed by atoms with Gasteiger partial charge in [0.05, 0.1) is 31.7 Å². The van der Waals surface area contributed by atoms with Crippen LogP contribution in [0.2, 0.25) is 0 Å². The van der Waals surface area contributed by atoms with Crippen LogP contribution in [0.3, 0.4) is 0 Å². The van der Waals surface area contributed by atoms with Crippen molar-refractivity contribution in [2.45, 2.75) is 33.1 Å².